The molecule has 0 bridgehead atoms. The zero-order chi connectivity index (χ0) is 15.5. The highest BCUT2D eigenvalue weighted by molar-refractivity contribution is 5.44. The average Bonchev–Trinajstić information content (AvgIpc) is 3.31. The molecule has 0 aromatic heterocycles. The highest BCUT2D eigenvalue weighted by atomic mass is 16.5. The van der Waals surface area contributed by atoms with Crippen LogP contribution < -0.4 is 10.5 Å². The fraction of sp³-hybridized carbons (Fsp3) is 0.400. The summed E-state index contributed by atoms with van der Waals surface area (Å²) in [7, 11) is 0. The first-order chi connectivity index (χ1) is 10.6. The molecule has 0 unspecified atom stereocenters. The van der Waals surface area contributed by atoms with Gasteiger partial charge in [0.1, 0.15) is 12.4 Å². The van der Waals surface area contributed by atoms with E-state index >= 15 is 0 Å². The van der Waals surface area contributed by atoms with E-state index in [1.807, 2.05) is 18.2 Å². The van der Waals surface area contributed by atoms with Crippen molar-refractivity contribution >= 4 is 0 Å². The van der Waals surface area contributed by atoms with Crippen molar-refractivity contribution in [3.05, 3.63) is 64.7 Å². The van der Waals surface area contributed by atoms with Crippen LogP contribution in [0.2, 0.25) is 0 Å². The molecule has 0 radical (unpaired) electrons. The van der Waals surface area contributed by atoms with Gasteiger partial charge in [0.15, 0.2) is 0 Å². The van der Waals surface area contributed by atoms with Crippen LogP contribution in [-0.2, 0) is 6.61 Å². The lowest BCUT2D eigenvalue weighted by Crippen LogP contribution is -2.12. The maximum atomic E-state index is 6.35. The molecule has 1 aliphatic rings. The molecule has 0 spiro atoms. The van der Waals surface area contributed by atoms with Crippen LogP contribution in [-0.4, -0.2) is 0 Å². The maximum absolute atomic E-state index is 6.35. The number of rotatable bonds is 6. The van der Waals surface area contributed by atoms with E-state index < -0.39 is 0 Å². The molecule has 0 heterocycles. The Balaban J connectivity index is 1.71. The zero-order valence-corrected chi connectivity index (χ0v) is 13.5. The lowest BCUT2D eigenvalue weighted by molar-refractivity contribution is 0.302. The Morgan fingerprint density at radius 3 is 2.32 bits per heavy atom. The molecule has 1 atom stereocenters. The van der Waals surface area contributed by atoms with Crippen molar-refractivity contribution in [2.24, 2.45) is 11.7 Å². The number of aryl methyl sites for hydroxylation is 2. The van der Waals surface area contributed by atoms with Crippen LogP contribution in [0.5, 0.6) is 5.75 Å². The van der Waals surface area contributed by atoms with Gasteiger partial charge in [-0.25, -0.2) is 0 Å². The van der Waals surface area contributed by atoms with E-state index in [-0.39, 0.29) is 6.04 Å². The van der Waals surface area contributed by atoms with Crippen molar-refractivity contribution in [1.82, 2.24) is 0 Å². The summed E-state index contributed by atoms with van der Waals surface area (Å²) in [5.41, 5.74) is 11.1. The first kappa shape index (κ1) is 15.1. The molecule has 2 aromatic carbocycles. The third-order valence-electron chi connectivity index (χ3n) is 4.42. The quantitative estimate of drug-likeness (QED) is 0.839. The smallest absolute Gasteiger partial charge is 0.125 e. The van der Waals surface area contributed by atoms with E-state index in [4.69, 9.17) is 10.5 Å². The van der Waals surface area contributed by atoms with Crippen LogP contribution in [0, 0.1) is 19.8 Å². The van der Waals surface area contributed by atoms with E-state index in [1.165, 1.54) is 35.1 Å². The van der Waals surface area contributed by atoms with Crippen molar-refractivity contribution in [3.8, 4) is 5.75 Å². The van der Waals surface area contributed by atoms with Gasteiger partial charge in [0.25, 0.3) is 0 Å². The second-order valence-corrected chi connectivity index (χ2v) is 6.54. The van der Waals surface area contributed by atoms with Crippen molar-refractivity contribution < 1.29 is 4.74 Å². The minimum atomic E-state index is 0.160. The molecular formula is C20H25NO. The molecule has 2 heteroatoms. The fourth-order valence-corrected chi connectivity index (χ4v) is 3.00. The first-order valence-corrected chi connectivity index (χ1v) is 8.17. The van der Waals surface area contributed by atoms with Gasteiger partial charge in [-0.3, -0.25) is 0 Å². The van der Waals surface area contributed by atoms with E-state index in [0.29, 0.717) is 6.61 Å². The Morgan fingerprint density at radius 2 is 1.73 bits per heavy atom. The maximum Gasteiger partial charge on any atom is 0.125 e. The topological polar surface area (TPSA) is 35.2 Å². The van der Waals surface area contributed by atoms with Gasteiger partial charge in [0.05, 0.1) is 0 Å². The minimum Gasteiger partial charge on any atom is -0.488 e. The number of hydrogen-bond donors (Lipinski definition) is 1. The first-order valence-electron chi connectivity index (χ1n) is 8.17. The SMILES string of the molecule is Cc1cc([C@H](N)CC2CC2)cc(C)c1OCc1ccccc1. The lowest BCUT2D eigenvalue weighted by Gasteiger charge is -2.17. The number of nitrogens with two attached hydrogens (primary N) is 1. The molecule has 22 heavy (non-hydrogen) atoms. The summed E-state index contributed by atoms with van der Waals surface area (Å²) in [6.45, 7) is 4.83. The van der Waals surface area contributed by atoms with Crippen LogP contribution in [0.15, 0.2) is 42.5 Å². The van der Waals surface area contributed by atoms with Crippen molar-refractivity contribution in [3.63, 3.8) is 0 Å². The molecular weight excluding hydrogens is 270 g/mol. The molecule has 116 valence electrons. The Bertz CT molecular complexity index is 608. The van der Waals surface area contributed by atoms with Crippen molar-refractivity contribution in [2.45, 2.75) is 45.8 Å². The molecule has 1 fully saturated rings. The van der Waals surface area contributed by atoms with Crippen molar-refractivity contribution in [1.29, 1.82) is 0 Å². The van der Waals surface area contributed by atoms with Gasteiger partial charge in [0.2, 0.25) is 0 Å². The third-order valence-corrected chi connectivity index (χ3v) is 4.42. The molecule has 2 aromatic rings. The molecule has 2 N–H and O–H groups in total. The molecule has 1 saturated carbocycles. The molecule has 2 nitrogen and oxygen atoms in total. The highest BCUT2D eigenvalue weighted by Gasteiger charge is 2.25. The summed E-state index contributed by atoms with van der Waals surface area (Å²) in [5.74, 6) is 1.84. The summed E-state index contributed by atoms with van der Waals surface area (Å²) in [5, 5.41) is 0. The van der Waals surface area contributed by atoms with Crippen molar-refractivity contribution in [2.75, 3.05) is 0 Å². The number of ether oxygens (including phenoxy) is 1. The predicted molar refractivity (Wildman–Crippen MR) is 91.0 cm³/mol. The van der Waals surface area contributed by atoms with Gasteiger partial charge in [-0.05, 0) is 48.4 Å². The minimum absolute atomic E-state index is 0.160. The Morgan fingerprint density at radius 1 is 1.09 bits per heavy atom. The summed E-state index contributed by atoms with van der Waals surface area (Å²) < 4.78 is 6.04. The molecule has 0 aliphatic heterocycles. The highest BCUT2D eigenvalue weighted by Crippen LogP contribution is 2.38. The van der Waals surface area contributed by atoms with Gasteiger partial charge in [-0.15, -0.1) is 0 Å². The second kappa shape index (κ2) is 6.53. The van der Waals surface area contributed by atoms with E-state index in [9.17, 15) is 0 Å². The van der Waals surface area contributed by atoms with Crippen LogP contribution in [0.3, 0.4) is 0 Å². The molecule has 0 saturated heterocycles. The number of hydrogen-bond acceptors (Lipinski definition) is 2. The summed E-state index contributed by atoms with van der Waals surface area (Å²) in [6.07, 6.45) is 3.82. The molecule has 3 rings (SSSR count). The molecule has 0 amide bonds. The monoisotopic (exact) mass is 295 g/mol. The molecule has 1 aliphatic carbocycles. The Labute approximate surface area is 133 Å². The van der Waals surface area contributed by atoms with E-state index in [2.05, 4.69) is 38.1 Å². The van der Waals surface area contributed by atoms with Gasteiger partial charge in [0, 0.05) is 6.04 Å². The summed E-state index contributed by atoms with van der Waals surface area (Å²) in [6, 6.07) is 14.8. The van der Waals surface area contributed by atoms with E-state index in [1.54, 1.807) is 0 Å². The third kappa shape index (κ3) is 3.69. The van der Waals surface area contributed by atoms with Gasteiger partial charge in [-0.1, -0.05) is 55.3 Å². The van der Waals surface area contributed by atoms with Crippen LogP contribution in [0.25, 0.3) is 0 Å². The normalized spacial score (nSPS) is 15.6. The Hall–Kier alpha value is -1.80. The van der Waals surface area contributed by atoms with Crippen LogP contribution >= 0.6 is 0 Å². The average molecular weight is 295 g/mol. The fourth-order valence-electron chi connectivity index (χ4n) is 3.00. The van der Waals surface area contributed by atoms with Gasteiger partial charge < -0.3 is 10.5 Å². The Kier molecular flexibility index (Phi) is 4.49. The standard InChI is InChI=1S/C20H25NO/c1-14-10-18(19(21)12-16-8-9-16)11-15(2)20(14)22-13-17-6-4-3-5-7-17/h3-7,10-11,16,19H,8-9,12-13,21H2,1-2H3/t19-/m1/s1. The largest absolute Gasteiger partial charge is 0.488 e. The van der Waals surface area contributed by atoms with Gasteiger partial charge >= 0.3 is 0 Å². The van der Waals surface area contributed by atoms with Crippen LogP contribution in [0.1, 0.15) is 47.6 Å². The summed E-state index contributed by atoms with van der Waals surface area (Å²) >= 11 is 0. The summed E-state index contributed by atoms with van der Waals surface area (Å²) in [4.78, 5) is 0. The number of benzene rings is 2. The van der Waals surface area contributed by atoms with Gasteiger partial charge in [-0.2, -0.15) is 0 Å². The lowest BCUT2D eigenvalue weighted by atomic mass is 9.97. The predicted octanol–water partition coefficient (Wildman–Crippen LogP) is 4.68. The van der Waals surface area contributed by atoms with Crippen LogP contribution in [0.4, 0.5) is 0 Å². The zero-order valence-electron chi connectivity index (χ0n) is 13.5. The second-order valence-electron chi connectivity index (χ2n) is 6.54. The van der Waals surface area contributed by atoms with E-state index in [0.717, 1.165) is 18.1 Å².